The molecule has 0 spiro atoms. The summed E-state index contributed by atoms with van der Waals surface area (Å²) in [5.41, 5.74) is 8.11. The third-order valence-electron chi connectivity index (χ3n) is 2.63. The first-order valence-corrected chi connectivity index (χ1v) is 6.88. The monoisotopic (exact) mass is 334 g/mol. The molecule has 2 aromatic carbocycles. The number of nitrogens with one attached hydrogen (secondary N) is 1. The first-order valence-electron chi connectivity index (χ1n) is 6.09. The number of nitrogen functional groups attached to an aromatic ring is 1. The number of carbonyl (C=O) groups is 1. The van der Waals surface area contributed by atoms with E-state index in [4.69, 9.17) is 10.5 Å². The molecule has 2 rings (SSSR count). The van der Waals surface area contributed by atoms with Crippen molar-refractivity contribution in [2.75, 3.05) is 17.7 Å². The lowest BCUT2D eigenvalue weighted by atomic mass is 10.2. The molecule has 0 aliphatic carbocycles. The van der Waals surface area contributed by atoms with Crippen molar-refractivity contribution in [2.45, 2.75) is 6.92 Å². The zero-order chi connectivity index (χ0) is 14.5. The number of rotatable bonds is 4. The number of ether oxygens (including phenoxy) is 1. The highest BCUT2D eigenvalue weighted by Gasteiger charge is 2.06. The molecule has 0 aliphatic heterocycles. The summed E-state index contributed by atoms with van der Waals surface area (Å²) in [6.45, 7) is 1.86. The Morgan fingerprint density at radius 3 is 2.80 bits per heavy atom. The van der Waals surface area contributed by atoms with Crippen molar-refractivity contribution in [1.82, 2.24) is 0 Å². The van der Waals surface area contributed by atoms with Crippen molar-refractivity contribution in [3.05, 3.63) is 52.5 Å². The summed E-state index contributed by atoms with van der Waals surface area (Å²) < 4.78 is 6.31. The van der Waals surface area contributed by atoms with Gasteiger partial charge in [0.25, 0.3) is 5.91 Å². The summed E-state index contributed by atoms with van der Waals surface area (Å²) in [4.78, 5) is 11.8. The van der Waals surface area contributed by atoms with Crippen LogP contribution in [0.25, 0.3) is 0 Å². The minimum absolute atomic E-state index is 0.0836. The van der Waals surface area contributed by atoms with Crippen LogP contribution in [0.5, 0.6) is 5.75 Å². The number of hydrogen-bond donors (Lipinski definition) is 2. The van der Waals surface area contributed by atoms with Crippen molar-refractivity contribution in [3.8, 4) is 5.75 Å². The van der Waals surface area contributed by atoms with Gasteiger partial charge >= 0.3 is 0 Å². The van der Waals surface area contributed by atoms with Gasteiger partial charge in [0, 0.05) is 10.2 Å². The second-order valence-corrected chi connectivity index (χ2v) is 5.30. The van der Waals surface area contributed by atoms with E-state index in [9.17, 15) is 4.79 Å². The molecule has 4 nitrogen and oxygen atoms in total. The summed E-state index contributed by atoms with van der Waals surface area (Å²) in [5.74, 6) is 0.281. The third-order valence-corrected chi connectivity index (χ3v) is 3.13. The Hall–Kier alpha value is -2.01. The quantitative estimate of drug-likeness (QED) is 0.842. The molecular formula is C15H15BrN2O2. The van der Waals surface area contributed by atoms with E-state index < -0.39 is 0 Å². The number of hydrogen-bond acceptors (Lipinski definition) is 3. The number of amides is 1. The van der Waals surface area contributed by atoms with Crippen LogP contribution in [0, 0.1) is 6.92 Å². The largest absolute Gasteiger partial charge is 0.482 e. The Morgan fingerprint density at radius 1 is 1.30 bits per heavy atom. The average molecular weight is 335 g/mol. The minimum Gasteiger partial charge on any atom is -0.482 e. The molecule has 0 fully saturated rings. The smallest absolute Gasteiger partial charge is 0.262 e. The Kier molecular flexibility index (Phi) is 4.63. The molecule has 0 saturated carbocycles. The molecule has 0 aliphatic rings. The first kappa shape index (κ1) is 14.4. The van der Waals surface area contributed by atoms with E-state index in [2.05, 4.69) is 21.2 Å². The Labute approximate surface area is 126 Å². The normalized spacial score (nSPS) is 10.1. The van der Waals surface area contributed by atoms with E-state index in [0.29, 0.717) is 17.1 Å². The second kappa shape index (κ2) is 6.43. The van der Waals surface area contributed by atoms with Gasteiger partial charge < -0.3 is 15.8 Å². The molecular weight excluding hydrogens is 320 g/mol. The highest BCUT2D eigenvalue weighted by Crippen LogP contribution is 2.22. The van der Waals surface area contributed by atoms with Gasteiger partial charge in [-0.2, -0.15) is 0 Å². The summed E-state index contributed by atoms with van der Waals surface area (Å²) in [7, 11) is 0. The van der Waals surface area contributed by atoms with Crippen LogP contribution < -0.4 is 15.8 Å². The fourth-order valence-corrected chi connectivity index (χ4v) is 2.11. The van der Waals surface area contributed by atoms with Gasteiger partial charge in [0.05, 0.1) is 5.69 Å². The number of aryl methyl sites for hydroxylation is 1. The second-order valence-electron chi connectivity index (χ2n) is 4.39. The van der Waals surface area contributed by atoms with Crippen LogP contribution in [0.1, 0.15) is 5.56 Å². The van der Waals surface area contributed by atoms with Crippen LogP contribution in [0.2, 0.25) is 0 Å². The fourth-order valence-electron chi connectivity index (χ4n) is 1.71. The number of anilines is 2. The van der Waals surface area contributed by atoms with Gasteiger partial charge in [-0.25, -0.2) is 0 Å². The van der Waals surface area contributed by atoms with Gasteiger partial charge in [-0.3, -0.25) is 4.79 Å². The van der Waals surface area contributed by atoms with Crippen molar-refractivity contribution in [3.63, 3.8) is 0 Å². The average Bonchev–Trinajstić information content (AvgIpc) is 2.37. The maximum Gasteiger partial charge on any atom is 0.262 e. The lowest BCUT2D eigenvalue weighted by Crippen LogP contribution is -2.20. The van der Waals surface area contributed by atoms with Crippen LogP contribution in [0.4, 0.5) is 11.4 Å². The number of benzene rings is 2. The van der Waals surface area contributed by atoms with E-state index in [1.807, 2.05) is 43.3 Å². The molecule has 20 heavy (non-hydrogen) atoms. The fraction of sp³-hybridized carbons (Fsp3) is 0.133. The maximum absolute atomic E-state index is 11.8. The van der Waals surface area contributed by atoms with Gasteiger partial charge in [-0.1, -0.05) is 28.1 Å². The first-order chi connectivity index (χ1) is 9.54. The molecule has 3 N–H and O–H groups in total. The van der Waals surface area contributed by atoms with Crippen LogP contribution in [0.3, 0.4) is 0 Å². The molecule has 0 unspecified atom stereocenters. The molecule has 0 radical (unpaired) electrons. The third kappa shape index (κ3) is 3.99. The summed E-state index contributed by atoms with van der Waals surface area (Å²) >= 11 is 3.34. The molecule has 0 atom stereocenters. The highest BCUT2D eigenvalue weighted by molar-refractivity contribution is 9.10. The SMILES string of the molecule is Cc1ccc(OCC(=O)Nc2cccc(Br)c2)c(N)c1. The topological polar surface area (TPSA) is 64.3 Å². The molecule has 5 heteroatoms. The zero-order valence-corrected chi connectivity index (χ0v) is 12.6. The molecule has 1 amide bonds. The summed E-state index contributed by atoms with van der Waals surface area (Å²) in [5, 5.41) is 2.75. The van der Waals surface area contributed by atoms with Crippen molar-refractivity contribution in [1.29, 1.82) is 0 Å². The van der Waals surface area contributed by atoms with Crippen LogP contribution in [0.15, 0.2) is 46.9 Å². The van der Waals surface area contributed by atoms with Gasteiger partial charge in [0.1, 0.15) is 5.75 Å². The molecule has 104 valence electrons. The standard InChI is InChI=1S/C15H15BrN2O2/c1-10-5-6-14(13(17)7-10)20-9-15(19)18-12-4-2-3-11(16)8-12/h2-8H,9,17H2,1H3,(H,18,19). The molecule has 0 saturated heterocycles. The van der Waals surface area contributed by atoms with E-state index in [1.165, 1.54) is 0 Å². The predicted molar refractivity (Wildman–Crippen MR) is 83.9 cm³/mol. The molecule has 0 aromatic heterocycles. The van der Waals surface area contributed by atoms with Gasteiger partial charge in [-0.15, -0.1) is 0 Å². The number of carbonyl (C=O) groups excluding carboxylic acids is 1. The molecule has 0 bridgehead atoms. The lowest BCUT2D eigenvalue weighted by Gasteiger charge is -2.10. The Morgan fingerprint density at radius 2 is 2.10 bits per heavy atom. The summed E-state index contributed by atoms with van der Waals surface area (Å²) in [6, 6.07) is 12.8. The van der Waals surface area contributed by atoms with E-state index in [0.717, 1.165) is 10.0 Å². The van der Waals surface area contributed by atoms with Crippen molar-refractivity contribution < 1.29 is 9.53 Å². The van der Waals surface area contributed by atoms with E-state index in [1.54, 1.807) is 6.07 Å². The summed E-state index contributed by atoms with van der Waals surface area (Å²) in [6.07, 6.45) is 0. The highest BCUT2D eigenvalue weighted by atomic mass is 79.9. The Bertz CT molecular complexity index is 629. The maximum atomic E-state index is 11.8. The van der Waals surface area contributed by atoms with Crippen LogP contribution >= 0.6 is 15.9 Å². The van der Waals surface area contributed by atoms with Crippen LogP contribution in [-0.4, -0.2) is 12.5 Å². The van der Waals surface area contributed by atoms with Gasteiger partial charge in [-0.05, 0) is 42.8 Å². The van der Waals surface area contributed by atoms with E-state index >= 15 is 0 Å². The predicted octanol–water partition coefficient (Wildman–Crippen LogP) is 3.36. The van der Waals surface area contributed by atoms with Gasteiger partial charge in [0.2, 0.25) is 0 Å². The van der Waals surface area contributed by atoms with Gasteiger partial charge in [0.15, 0.2) is 6.61 Å². The van der Waals surface area contributed by atoms with Crippen molar-refractivity contribution in [2.24, 2.45) is 0 Å². The lowest BCUT2D eigenvalue weighted by molar-refractivity contribution is -0.118. The molecule has 2 aromatic rings. The Balaban J connectivity index is 1.92. The van der Waals surface area contributed by atoms with Crippen LogP contribution in [-0.2, 0) is 4.79 Å². The zero-order valence-electron chi connectivity index (χ0n) is 11.0. The number of halogens is 1. The van der Waals surface area contributed by atoms with Crippen molar-refractivity contribution >= 4 is 33.2 Å². The number of nitrogens with two attached hydrogens (primary N) is 1. The van der Waals surface area contributed by atoms with E-state index in [-0.39, 0.29) is 12.5 Å². The molecule has 0 heterocycles. The minimum atomic E-state index is -0.233.